The Morgan fingerprint density at radius 3 is 2.20 bits per heavy atom. The van der Waals surface area contributed by atoms with Crippen LogP contribution in [0.2, 0.25) is 0 Å². The van der Waals surface area contributed by atoms with Crippen LogP contribution in [-0.4, -0.2) is 23.5 Å². The minimum absolute atomic E-state index is 0.0910. The van der Waals surface area contributed by atoms with Crippen LogP contribution in [0, 0.1) is 5.92 Å². The predicted octanol–water partition coefficient (Wildman–Crippen LogP) is 1.68. The highest BCUT2D eigenvalue weighted by molar-refractivity contribution is 5.81. The van der Waals surface area contributed by atoms with Gasteiger partial charge in [-0.2, -0.15) is 0 Å². The van der Waals surface area contributed by atoms with Gasteiger partial charge in [0.15, 0.2) is 0 Å². The van der Waals surface area contributed by atoms with E-state index in [9.17, 15) is 4.79 Å². The van der Waals surface area contributed by atoms with Crippen molar-refractivity contribution in [1.29, 1.82) is 0 Å². The molecule has 0 bridgehead atoms. The number of rotatable bonds is 5. The van der Waals surface area contributed by atoms with Crippen molar-refractivity contribution in [3.8, 4) is 0 Å². The molecule has 0 saturated heterocycles. The molecule has 2 N–H and O–H groups in total. The second-order valence-corrected chi connectivity index (χ2v) is 5.53. The summed E-state index contributed by atoms with van der Waals surface area (Å²) in [6.45, 7) is 10.3. The molecule has 1 aliphatic carbocycles. The van der Waals surface area contributed by atoms with Gasteiger partial charge in [-0.15, -0.1) is 0 Å². The van der Waals surface area contributed by atoms with Gasteiger partial charge in [0.1, 0.15) is 0 Å². The quantitative estimate of drug-likeness (QED) is 0.728. The summed E-state index contributed by atoms with van der Waals surface area (Å²) in [5.74, 6) is 0.838. The molecular formula is C12H24N2O. The molecule has 1 rings (SSSR count). The molecule has 1 fully saturated rings. The molecule has 88 valence electrons. The first-order valence-corrected chi connectivity index (χ1v) is 5.91. The molecule has 1 amide bonds. The van der Waals surface area contributed by atoms with E-state index in [1.807, 2.05) is 20.8 Å². The summed E-state index contributed by atoms with van der Waals surface area (Å²) in [5.41, 5.74) is 0.0910. The van der Waals surface area contributed by atoms with E-state index in [4.69, 9.17) is 0 Å². The summed E-state index contributed by atoms with van der Waals surface area (Å²) < 4.78 is 0. The smallest absolute Gasteiger partial charge is 0.237 e. The van der Waals surface area contributed by atoms with Crippen molar-refractivity contribution in [3.63, 3.8) is 0 Å². The van der Waals surface area contributed by atoms with E-state index in [1.165, 1.54) is 12.8 Å². The fraction of sp³-hybridized carbons (Fsp3) is 0.917. The van der Waals surface area contributed by atoms with Crippen LogP contribution in [0.15, 0.2) is 0 Å². The Hall–Kier alpha value is -0.570. The van der Waals surface area contributed by atoms with Crippen LogP contribution in [0.25, 0.3) is 0 Å². The first-order valence-electron chi connectivity index (χ1n) is 5.91. The highest BCUT2D eigenvalue weighted by Crippen LogP contribution is 2.39. The number of carbonyl (C=O) groups is 1. The van der Waals surface area contributed by atoms with Crippen LogP contribution in [-0.2, 0) is 4.79 Å². The van der Waals surface area contributed by atoms with Crippen molar-refractivity contribution < 1.29 is 4.79 Å². The average molecular weight is 212 g/mol. The van der Waals surface area contributed by atoms with Crippen molar-refractivity contribution in [2.45, 2.75) is 65.1 Å². The first-order chi connectivity index (χ1) is 6.83. The molecule has 3 nitrogen and oxygen atoms in total. The first kappa shape index (κ1) is 12.5. The third kappa shape index (κ3) is 3.82. The van der Waals surface area contributed by atoms with Crippen LogP contribution in [0.4, 0.5) is 0 Å². The Balaban J connectivity index is 2.39. The average Bonchev–Trinajstić information content (AvgIpc) is 2.83. The molecule has 0 spiro atoms. The number of carbonyl (C=O) groups excluding carboxylic acids is 1. The minimum Gasteiger partial charge on any atom is -0.353 e. The zero-order chi connectivity index (χ0) is 11.6. The van der Waals surface area contributed by atoms with Gasteiger partial charge in [-0.05, 0) is 53.4 Å². The molecule has 1 aliphatic rings. The van der Waals surface area contributed by atoms with E-state index in [1.54, 1.807) is 0 Å². The van der Waals surface area contributed by atoms with E-state index >= 15 is 0 Å². The summed E-state index contributed by atoms with van der Waals surface area (Å²) in [4.78, 5) is 11.7. The zero-order valence-electron chi connectivity index (χ0n) is 10.6. The van der Waals surface area contributed by atoms with Gasteiger partial charge in [0, 0.05) is 11.6 Å². The molecular weight excluding hydrogens is 188 g/mol. The van der Waals surface area contributed by atoms with Crippen molar-refractivity contribution in [3.05, 3.63) is 0 Å². The molecule has 0 aliphatic heterocycles. The van der Waals surface area contributed by atoms with Crippen molar-refractivity contribution >= 4 is 5.91 Å². The van der Waals surface area contributed by atoms with Gasteiger partial charge in [-0.3, -0.25) is 4.79 Å². The summed E-state index contributed by atoms with van der Waals surface area (Å²) in [7, 11) is 0. The van der Waals surface area contributed by atoms with Crippen molar-refractivity contribution in [2.75, 3.05) is 0 Å². The predicted molar refractivity (Wildman–Crippen MR) is 62.7 cm³/mol. The summed E-state index contributed by atoms with van der Waals surface area (Å²) in [6.07, 6.45) is 2.58. The lowest BCUT2D eigenvalue weighted by Crippen LogP contribution is -2.53. The van der Waals surface area contributed by atoms with Gasteiger partial charge >= 0.3 is 0 Å². The van der Waals surface area contributed by atoms with Gasteiger partial charge in [-0.25, -0.2) is 0 Å². The maximum absolute atomic E-state index is 11.7. The molecule has 1 unspecified atom stereocenters. The monoisotopic (exact) mass is 212 g/mol. The highest BCUT2D eigenvalue weighted by Gasteiger charge is 2.39. The third-order valence-electron chi connectivity index (χ3n) is 3.01. The lowest BCUT2D eigenvalue weighted by Gasteiger charge is -2.30. The van der Waals surface area contributed by atoms with Gasteiger partial charge in [0.2, 0.25) is 5.91 Å². The molecule has 0 aromatic heterocycles. The summed E-state index contributed by atoms with van der Waals surface area (Å²) >= 11 is 0. The fourth-order valence-electron chi connectivity index (χ4n) is 1.96. The third-order valence-corrected chi connectivity index (χ3v) is 3.01. The van der Waals surface area contributed by atoms with Crippen LogP contribution in [0.1, 0.15) is 47.5 Å². The number of hydrogen-bond donors (Lipinski definition) is 2. The Morgan fingerprint density at radius 2 is 1.80 bits per heavy atom. The Bertz CT molecular complexity index is 232. The molecule has 0 radical (unpaired) electrons. The van der Waals surface area contributed by atoms with Gasteiger partial charge in [0.05, 0.1) is 6.04 Å². The standard InChI is InChI=1S/C12H24N2O/c1-8(2)13-11(15)9(3)14-12(4,5)10-6-7-10/h8-10,14H,6-7H2,1-5H3,(H,13,15). The van der Waals surface area contributed by atoms with E-state index in [2.05, 4.69) is 24.5 Å². The normalized spacial score (nSPS) is 19.1. The second-order valence-electron chi connectivity index (χ2n) is 5.53. The topological polar surface area (TPSA) is 41.1 Å². The van der Waals surface area contributed by atoms with Crippen LogP contribution in [0.5, 0.6) is 0 Å². The molecule has 0 heterocycles. The number of hydrogen-bond acceptors (Lipinski definition) is 2. The van der Waals surface area contributed by atoms with Crippen LogP contribution in [0.3, 0.4) is 0 Å². The lowest BCUT2D eigenvalue weighted by atomic mass is 9.97. The summed E-state index contributed by atoms with van der Waals surface area (Å²) in [5, 5.41) is 6.33. The van der Waals surface area contributed by atoms with E-state index in [-0.39, 0.29) is 23.5 Å². The minimum atomic E-state index is -0.108. The van der Waals surface area contributed by atoms with E-state index < -0.39 is 0 Å². The number of nitrogens with one attached hydrogen (secondary N) is 2. The fourth-order valence-corrected chi connectivity index (χ4v) is 1.96. The van der Waals surface area contributed by atoms with Crippen molar-refractivity contribution in [2.24, 2.45) is 5.92 Å². The van der Waals surface area contributed by atoms with Gasteiger partial charge < -0.3 is 10.6 Å². The summed E-state index contributed by atoms with van der Waals surface area (Å²) in [6, 6.07) is 0.105. The van der Waals surface area contributed by atoms with Crippen LogP contribution < -0.4 is 10.6 Å². The molecule has 1 atom stereocenters. The van der Waals surface area contributed by atoms with Crippen molar-refractivity contribution in [1.82, 2.24) is 10.6 Å². The Kier molecular flexibility index (Phi) is 3.77. The maximum atomic E-state index is 11.7. The van der Waals surface area contributed by atoms with E-state index in [0.29, 0.717) is 0 Å². The van der Waals surface area contributed by atoms with E-state index in [0.717, 1.165) is 5.92 Å². The second kappa shape index (κ2) is 4.52. The largest absolute Gasteiger partial charge is 0.353 e. The molecule has 0 aromatic carbocycles. The Labute approximate surface area is 93.0 Å². The lowest BCUT2D eigenvalue weighted by molar-refractivity contribution is -0.123. The molecule has 15 heavy (non-hydrogen) atoms. The SMILES string of the molecule is CC(C)NC(=O)C(C)NC(C)(C)C1CC1. The molecule has 3 heteroatoms. The van der Waals surface area contributed by atoms with Gasteiger partial charge in [0.25, 0.3) is 0 Å². The zero-order valence-corrected chi connectivity index (χ0v) is 10.6. The molecule has 0 aromatic rings. The van der Waals surface area contributed by atoms with Crippen LogP contribution >= 0.6 is 0 Å². The number of amides is 1. The van der Waals surface area contributed by atoms with Gasteiger partial charge in [-0.1, -0.05) is 0 Å². The Morgan fingerprint density at radius 1 is 1.27 bits per heavy atom. The molecule has 1 saturated carbocycles. The highest BCUT2D eigenvalue weighted by atomic mass is 16.2. The maximum Gasteiger partial charge on any atom is 0.237 e.